The second kappa shape index (κ2) is 7.18. The van der Waals surface area contributed by atoms with Crippen LogP contribution in [-0.4, -0.2) is 24.3 Å². The Morgan fingerprint density at radius 3 is 2.83 bits per heavy atom. The Morgan fingerprint density at radius 2 is 2.03 bits per heavy atom. The minimum Gasteiger partial charge on any atom is -0.315 e. The Kier molecular flexibility index (Phi) is 4.47. The third-order valence-electron chi connectivity index (χ3n) is 5.65. The van der Waals surface area contributed by atoms with Crippen molar-refractivity contribution in [1.29, 1.82) is 0 Å². The van der Waals surface area contributed by atoms with Gasteiger partial charge < -0.3 is 4.57 Å². The van der Waals surface area contributed by atoms with Crippen molar-refractivity contribution in [1.82, 2.24) is 24.3 Å². The molecule has 0 radical (unpaired) electrons. The molecule has 0 amide bonds. The van der Waals surface area contributed by atoms with Crippen LogP contribution in [-0.2, 0) is 20.5 Å². The van der Waals surface area contributed by atoms with Gasteiger partial charge in [0, 0.05) is 43.7 Å². The molecule has 0 saturated heterocycles. The molecule has 0 aliphatic carbocycles. The van der Waals surface area contributed by atoms with Gasteiger partial charge in [0.05, 0.1) is 27.5 Å². The number of rotatable bonds is 4. The van der Waals surface area contributed by atoms with Crippen LogP contribution in [0.25, 0.3) is 32.1 Å². The first-order valence-corrected chi connectivity index (χ1v) is 10.7. The molecule has 7 heteroatoms. The normalized spacial score (nSPS) is 12.6. The van der Waals surface area contributed by atoms with E-state index in [1.807, 2.05) is 56.3 Å². The molecule has 150 valence electrons. The summed E-state index contributed by atoms with van der Waals surface area (Å²) in [5.41, 5.74) is 6.64. The third kappa shape index (κ3) is 3.02. The zero-order valence-corrected chi connectivity index (χ0v) is 17.8. The molecule has 0 spiro atoms. The Bertz CT molecular complexity index is 1450. The first-order chi connectivity index (χ1) is 14.5. The number of hydrogen-bond acceptors (Lipinski definition) is 5. The van der Waals surface area contributed by atoms with Crippen LogP contribution >= 0.6 is 11.3 Å². The molecule has 0 N–H and O–H groups in total. The maximum atomic E-state index is 13.4. The van der Waals surface area contributed by atoms with Crippen molar-refractivity contribution in [3.8, 4) is 11.1 Å². The molecule has 0 fully saturated rings. The summed E-state index contributed by atoms with van der Waals surface area (Å²) in [5.74, 6) is 0.119. The van der Waals surface area contributed by atoms with Crippen LogP contribution < -0.4 is 5.56 Å². The van der Waals surface area contributed by atoms with Gasteiger partial charge >= 0.3 is 0 Å². The fraction of sp³-hybridized carbons (Fsp3) is 0.217. The van der Waals surface area contributed by atoms with E-state index in [4.69, 9.17) is 0 Å². The summed E-state index contributed by atoms with van der Waals surface area (Å²) in [6, 6.07) is 10.1. The van der Waals surface area contributed by atoms with Crippen LogP contribution in [0.5, 0.6) is 0 Å². The molecule has 6 nitrogen and oxygen atoms in total. The van der Waals surface area contributed by atoms with Crippen molar-refractivity contribution in [3.63, 3.8) is 0 Å². The van der Waals surface area contributed by atoms with E-state index in [1.54, 1.807) is 26.8 Å². The van der Waals surface area contributed by atoms with E-state index in [1.165, 1.54) is 0 Å². The van der Waals surface area contributed by atoms with Crippen LogP contribution in [0.2, 0.25) is 0 Å². The van der Waals surface area contributed by atoms with Crippen molar-refractivity contribution in [2.45, 2.75) is 19.3 Å². The maximum Gasteiger partial charge on any atom is 0.259 e. The first-order valence-electron chi connectivity index (χ1n) is 9.81. The van der Waals surface area contributed by atoms with Crippen molar-refractivity contribution in [2.24, 2.45) is 14.1 Å². The average molecular weight is 416 g/mol. The third-order valence-corrected chi connectivity index (χ3v) is 6.44. The van der Waals surface area contributed by atoms with Crippen LogP contribution in [0.1, 0.15) is 24.2 Å². The topological polar surface area (TPSA) is 65.6 Å². The first kappa shape index (κ1) is 18.7. The average Bonchev–Trinajstić information content (AvgIpc) is 3.39. The number of fused-ring (bicyclic) bond motifs is 2. The van der Waals surface area contributed by atoms with E-state index in [9.17, 15) is 4.79 Å². The molecule has 0 bridgehead atoms. The SMILES string of the molecule is C[C@H](Cc1nccc2scnc12)c1cc2cccc(-c3cnn(C)c3)c2c(=O)n1C. The second-order valence-electron chi connectivity index (χ2n) is 7.67. The minimum atomic E-state index is 0.00799. The highest BCUT2D eigenvalue weighted by Crippen LogP contribution is 2.29. The standard InChI is InChI=1S/C23H21N5OS/c1-14(9-18-22-20(7-8-24-18)30-13-25-22)19-10-15-5-4-6-17(16-11-26-27(2)12-16)21(15)23(29)28(19)3/h4-8,10-14H,9H2,1-3H3/t14-/m1/s1. The van der Waals surface area contributed by atoms with Crippen molar-refractivity contribution >= 4 is 32.3 Å². The van der Waals surface area contributed by atoms with Gasteiger partial charge in [-0.1, -0.05) is 25.1 Å². The van der Waals surface area contributed by atoms with Gasteiger partial charge in [0.25, 0.3) is 5.56 Å². The zero-order chi connectivity index (χ0) is 20.8. The number of aromatic nitrogens is 5. The lowest BCUT2D eigenvalue weighted by Gasteiger charge is -2.18. The Labute approximate surface area is 177 Å². The lowest BCUT2D eigenvalue weighted by molar-refractivity contribution is 0.658. The summed E-state index contributed by atoms with van der Waals surface area (Å²) in [6.45, 7) is 2.14. The summed E-state index contributed by atoms with van der Waals surface area (Å²) >= 11 is 1.62. The fourth-order valence-electron chi connectivity index (χ4n) is 4.13. The molecule has 1 aromatic carbocycles. The monoisotopic (exact) mass is 415 g/mol. The predicted molar refractivity (Wildman–Crippen MR) is 121 cm³/mol. The van der Waals surface area contributed by atoms with Crippen molar-refractivity contribution in [2.75, 3.05) is 0 Å². The van der Waals surface area contributed by atoms with Crippen LogP contribution in [0, 0.1) is 0 Å². The Balaban J connectivity index is 1.61. The number of nitrogens with zero attached hydrogens (tertiary/aromatic N) is 5. The van der Waals surface area contributed by atoms with Crippen molar-refractivity contribution in [3.05, 3.63) is 76.2 Å². The van der Waals surface area contributed by atoms with E-state index in [2.05, 4.69) is 28.1 Å². The molecular weight excluding hydrogens is 394 g/mol. The highest BCUT2D eigenvalue weighted by Gasteiger charge is 2.18. The van der Waals surface area contributed by atoms with Gasteiger partial charge in [0.15, 0.2) is 0 Å². The Morgan fingerprint density at radius 1 is 1.17 bits per heavy atom. The molecule has 5 rings (SSSR count). The quantitative estimate of drug-likeness (QED) is 0.439. The van der Waals surface area contributed by atoms with Crippen molar-refractivity contribution < 1.29 is 0 Å². The van der Waals surface area contributed by atoms with Gasteiger partial charge in [-0.15, -0.1) is 11.3 Å². The summed E-state index contributed by atoms with van der Waals surface area (Å²) in [4.78, 5) is 22.4. The molecule has 0 aliphatic rings. The molecular formula is C23H21N5OS. The number of aryl methyl sites for hydroxylation is 1. The van der Waals surface area contributed by atoms with Gasteiger partial charge in [0.1, 0.15) is 5.52 Å². The number of hydrogen-bond donors (Lipinski definition) is 0. The van der Waals surface area contributed by atoms with E-state index in [0.29, 0.717) is 0 Å². The molecule has 4 aromatic heterocycles. The van der Waals surface area contributed by atoms with Gasteiger partial charge in [-0.25, -0.2) is 4.98 Å². The molecule has 5 aromatic rings. The number of pyridine rings is 2. The summed E-state index contributed by atoms with van der Waals surface area (Å²) in [6.07, 6.45) is 6.29. The van der Waals surface area contributed by atoms with E-state index < -0.39 is 0 Å². The summed E-state index contributed by atoms with van der Waals surface area (Å²) in [5, 5.41) is 5.93. The molecule has 0 unspecified atom stereocenters. The van der Waals surface area contributed by atoms with E-state index in [0.717, 1.165) is 49.9 Å². The zero-order valence-electron chi connectivity index (χ0n) is 17.0. The number of benzene rings is 1. The molecule has 0 saturated carbocycles. The lowest BCUT2D eigenvalue weighted by Crippen LogP contribution is -2.23. The van der Waals surface area contributed by atoms with Crippen LogP contribution in [0.15, 0.2) is 59.2 Å². The second-order valence-corrected chi connectivity index (χ2v) is 8.55. The largest absolute Gasteiger partial charge is 0.315 e. The minimum absolute atomic E-state index is 0.00799. The molecule has 0 aliphatic heterocycles. The van der Waals surface area contributed by atoms with E-state index >= 15 is 0 Å². The molecule has 4 heterocycles. The smallest absolute Gasteiger partial charge is 0.259 e. The van der Waals surface area contributed by atoms with Crippen LogP contribution in [0.3, 0.4) is 0 Å². The summed E-state index contributed by atoms with van der Waals surface area (Å²) in [7, 11) is 3.73. The molecule has 1 atom stereocenters. The van der Waals surface area contributed by atoms with Gasteiger partial charge in [-0.3, -0.25) is 14.5 Å². The summed E-state index contributed by atoms with van der Waals surface area (Å²) < 4.78 is 4.66. The predicted octanol–water partition coefficient (Wildman–Crippen LogP) is 4.29. The van der Waals surface area contributed by atoms with Gasteiger partial charge in [-0.05, 0) is 29.5 Å². The van der Waals surface area contributed by atoms with E-state index in [-0.39, 0.29) is 11.5 Å². The van der Waals surface area contributed by atoms with Gasteiger partial charge in [0.2, 0.25) is 0 Å². The maximum absolute atomic E-state index is 13.4. The Hall–Kier alpha value is -3.32. The highest BCUT2D eigenvalue weighted by molar-refractivity contribution is 7.16. The highest BCUT2D eigenvalue weighted by atomic mass is 32.1. The van der Waals surface area contributed by atoms with Crippen LogP contribution in [0.4, 0.5) is 0 Å². The lowest BCUT2D eigenvalue weighted by atomic mass is 9.96. The fourth-order valence-corrected chi connectivity index (χ4v) is 4.83. The molecule has 30 heavy (non-hydrogen) atoms. The number of thiazole rings is 1. The van der Waals surface area contributed by atoms with Gasteiger partial charge in [-0.2, -0.15) is 5.10 Å².